The number of nitriles is 1. The fourth-order valence-electron chi connectivity index (χ4n) is 2.71. The zero-order valence-electron chi connectivity index (χ0n) is 19.9. The molecular weight excluding hydrogens is 398 g/mol. The van der Waals surface area contributed by atoms with Crippen LogP contribution in [0.5, 0.6) is 0 Å². The first-order valence-electron chi connectivity index (χ1n) is 11.2. The highest BCUT2D eigenvalue weighted by molar-refractivity contribution is 6.05. The molecule has 0 aliphatic rings. The first kappa shape index (κ1) is 29.0. The van der Waals surface area contributed by atoms with Crippen molar-refractivity contribution in [3.63, 3.8) is 0 Å². The summed E-state index contributed by atoms with van der Waals surface area (Å²) in [6, 6.07) is 9.01. The molecule has 1 aromatic carbocycles. The highest BCUT2D eigenvalue weighted by Crippen LogP contribution is 2.11. The van der Waals surface area contributed by atoms with E-state index in [9.17, 15) is 9.59 Å². The fraction of sp³-hybridized carbons (Fsp3) is 0.393. The number of aldehydes is 1. The molecule has 0 fully saturated rings. The summed E-state index contributed by atoms with van der Waals surface area (Å²) in [5.74, 6) is 0.897. The lowest BCUT2D eigenvalue weighted by molar-refractivity contribution is -0.114. The number of nitrogens with zero attached hydrogens (tertiary/aromatic N) is 1. The number of allylic oxidation sites excluding steroid dienone is 6. The maximum atomic E-state index is 11.0. The largest absolute Gasteiger partial charge is 0.384 e. The lowest BCUT2D eigenvalue weighted by Gasteiger charge is -2.11. The second-order valence-electron chi connectivity index (χ2n) is 7.25. The smallest absolute Gasteiger partial charge is 0.161 e. The number of carbonyl (C=O) groups excluding carboxylic acids is 2. The molecule has 0 aromatic heterocycles. The number of ketones is 1. The molecule has 4 heteroatoms. The van der Waals surface area contributed by atoms with Gasteiger partial charge in [-0.15, -0.1) is 0 Å². The average molecular weight is 436 g/mol. The Bertz CT molecular complexity index is 893. The van der Waals surface area contributed by atoms with Gasteiger partial charge in [0.15, 0.2) is 12.1 Å². The van der Waals surface area contributed by atoms with E-state index in [1.165, 1.54) is 25.7 Å². The highest BCUT2D eigenvalue weighted by Gasteiger charge is 2.03. The van der Waals surface area contributed by atoms with Crippen molar-refractivity contribution in [2.75, 3.05) is 13.7 Å². The number of rotatable bonds is 12. The second kappa shape index (κ2) is 19.9. The molecule has 1 unspecified atom stereocenters. The van der Waals surface area contributed by atoms with Gasteiger partial charge in [-0.2, -0.15) is 5.26 Å². The Morgan fingerprint density at radius 1 is 1.06 bits per heavy atom. The molecule has 0 N–H and O–H groups in total. The van der Waals surface area contributed by atoms with Crippen LogP contribution in [0, 0.1) is 17.2 Å². The minimum atomic E-state index is 0.101. The van der Waals surface area contributed by atoms with E-state index in [4.69, 9.17) is 10.00 Å². The van der Waals surface area contributed by atoms with E-state index in [0.717, 1.165) is 17.7 Å². The van der Waals surface area contributed by atoms with E-state index in [-0.39, 0.29) is 11.4 Å². The summed E-state index contributed by atoms with van der Waals surface area (Å²) < 4.78 is 5.09. The normalized spacial score (nSPS) is 11.7. The Kier molecular flexibility index (Phi) is 18.0. The third-order valence-corrected chi connectivity index (χ3v) is 4.77. The molecule has 172 valence electrons. The molecule has 0 aliphatic carbocycles. The number of methoxy groups -OCH3 is 1. The fourth-order valence-corrected chi connectivity index (χ4v) is 2.71. The molecule has 1 rings (SSSR count). The molecule has 1 aromatic rings. The summed E-state index contributed by atoms with van der Waals surface area (Å²) in [7, 11) is 1.79. The van der Waals surface area contributed by atoms with Gasteiger partial charge >= 0.3 is 0 Å². The summed E-state index contributed by atoms with van der Waals surface area (Å²) in [6.07, 6.45) is 18.8. The molecule has 0 saturated carbocycles. The van der Waals surface area contributed by atoms with Gasteiger partial charge in [-0.25, -0.2) is 0 Å². The van der Waals surface area contributed by atoms with E-state index in [1.54, 1.807) is 37.5 Å². The predicted octanol–water partition coefficient (Wildman–Crippen LogP) is 4.84. The lowest BCUT2D eigenvalue weighted by Crippen LogP contribution is -2.10. The van der Waals surface area contributed by atoms with Gasteiger partial charge in [0.2, 0.25) is 0 Å². The molecule has 1 atom stereocenters. The first-order chi connectivity index (χ1) is 15.6. The molecule has 0 saturated heterocycles. The van der Waals surface area contributed by atoms with Crippen LogP contribution >= 0.6 is 0 Å². The zero-order chi connectivity index (χ0) is 24.0. The van der Waals surface area contributed by atoms with E-state index >= 15 is 0 Å². The van der Waals surface area contributed by atoms with E-state index < -0.39 is 0 Å². The molecule has 4 nitrogen and oxygen atoms in total. The van der Waals surface area contributed by atoms with Crippen molar-refractivity contribution in [1.29, 1.82) is 5.26 Å². The van der Waals surface area contributed by atoms with Crippen LogP contribution in [0.1, 0.15) is 52.9 Å². The number of hydrogen-bond acceptors (Lipinski definition) is 4. The molecule has 32 heavy (non-hydrogen) atoms. The minimum Gasteiger partial charge on any atom is -0.384 e. The van der Waals surface area contributed by atoms with Crippen LogP contribution < -0.4 is 10.4 Å². The molecule has 0 radical (unpaired) electrons. The maximum Gasteiger partial charge on any atom is 0.161 e. The number of benzene rings is 1. The van der Waals surface area contributed by atoms with Gasteiger partial charge in [-0.3, -0.25) is 9.59 Å². The topological polar surface area (TPSA) is 67.2 Å². The summed E-state index contributed by atoms with van der Waals surface area (Å²) in [4.78, 5) is 21.7. The van der Waals surface area contributed by atoms with Crippen LogP contribution in [0.4, 0.5) is 0 Å². The number of hydrogen-bond donors (Lipinski definition) is 0. The molecule has 0 amide bonds. The Balaban J connectivity index is 0.000000809. The van der Waals surface area contributed by atoms with Gasteiger partial charge in [0.25, 0.3) is 0 Å². The van der Waals surface area contributed by atoms with E-state index in [1.807, 2.05) is 49.4 Å². The van der Waals surface area contributed by atoms with Crippen molar-refractivity contribution in [1.82, 2.24) is 0 Å². The van der Waals surface area contributed by atoms with Crippen molar-refractivity contribution in [2.45, 2.75) is 52.9 Å². The second-order valence-corrected chi connectivity index (χ2v) is 7.25. The maximum absolute atomic E-state index is 11.0. The van der Waals surface area contributed by atoms with Crippen LogP contribution in [0.15, 0.2) is 60.7 Å². The van der Waals surface area contributed by atoms with Crippen molar-refractivity contribution < 1.29 is 14.3 Å². The van der Waals surface area contributed by atoms with Gasteiger partial charge in [-0.05, 0) is 28.9 Å². The monoisotopic (exact) mass is 435 g/mol. The minimum absolute atomic E-state index is 0.101. The Labute approximate surface area is 193 Å². The first-order valence-corrected chi connectivity index (χ1v) is 11.2. The summed E-state index contributed by atoms with van der Waals surface area (Å²) in [5.41, 5.74) is 0.124. The van der Waals surface area contributed by atoms with E-state index in [0.29, 0.717) is 17.9 Å². The number of carbonyl (C=O) groups is 2. The number of ether oxygens (including phenoxy) is 1. The summed E-state index contributed by atoms with van der Waals surface area (Å²) >= 11 is 0. The summed E-state index contributed by atoms with van der Waals surface area (Å²) in [6.45, 7) is 7.23. The quantitative estimate of drug-likeness (QED) is 0.268. The van der Waals surface area contributed by atoms with Crippen LogP contribution in [0.2, 0.25) is 0 Å². The van der Waals surface area contributed by atoms with E-state index in [2.05, 4.69) is 13.8 Å². The Morgan fingerprint density at radius 3 is 2.25 bits per heavy atom. The van der Waals surface area contributed by atoms with Crippen LogP contribution in [0.3, 0.4) is 0 Å². The Morgan fingerprint density at radius 2 is 1.72 bits per heavy atom. The van der Waals surface area contributed by atoms with Crippen molar-refractivity contribution >= 4 is 23.7 Å². The lowest BCUT2D eigenvalue weighted by atomic mass is 10.0. The van der Waals surface area contributed by atoms with Crippen LogP contribution in [-0.2, 0) is 14.3 Å². The highest BCUT2D eigenvalue weighted by atomic mass is 16.5. The standard InChI is InChI=1S/C19H17NO2.C9H20O/c1-2-19(22)9-7-5-3-4-6-8-16-10-12-17(13-11-16)18(14-20)15-21;1-4-6-7-9(5-2)8-10-3/h3-13,15H,2H2,1H3;9H,4-8H2,1-3H3/b5-3-,6-4+,9-7+,16-8?,18-17?;. The van der Waals surface area contributed by atoms with Gasteiger partial charge in [0.1, 0.15) is 6.07 Å². The van der Waals surface area contributed by atoms with Crippen LogP contribution in [-0.4, -0.2) is 25.8 Å². The van der Waals surface area contributed by atoms with Crippen molar-refractivity contribution in [2.24, 2.45) is 5.92 Å². The van der Waals surface area contributed by atoms with Crippen LogP contribution in [0.25, 0.3) is 11.6 Å². The third kappa shape index (κ3) is 14.1. The zero-order valence-corrected chi connectivity index (χ0v) is 19.9. The van der Waals surface area contributed by atoms with Gasteiger partial charge in [0, 0.05) is 20.1 Å². The molecule has 0 aliphatic heterocycles. The molecular formula is C28H37NO3. The molecule has 0 spiro atoms. The number of unbranched alkanes of at least 4 members (excludes halogenated alkanes) is 1. The SMILES string of the molecule is CCC(=O)/C=C/C=C\C=C\C=c1ccc(=C(C#N)C=O)cc1.CCCCC(CC)COC. The van der Waals surface area contributed by atoms with Gasteiger partial charge in [0.05, 0.1) is 5.57 Å². The molecule has 0 bridgehead atoms. The van der Waals surface area contributed by atoms with Crippen molar-refractivity contribution in [3.8, 4) is 6.07 Å². The average Bonchev–Trinajstić information content (AvgIpc) is 2.83. The van der Waals surface area contributed by atoms with Gasteiger partial charge < -0.3 is 4.74 Å². The van der Waals surface area contributed by atoms with Crippen molar-refractivity contribution in [3.05, 3.63) is 71.2 Å². The third-order valence-electron chi connectivity index (χ3n) is 4.77. The van der Waals surface area contributed by atoms with Gasteiger partial charge in [-0.1, -0.05) is 101 Å². The molecule has 0 heterocycles. The predicted molar refractivity (Wildman–Crippen MR) is 133 cm³/mol. The Hall–Kier alpha value is -3.03. The summed E-state index contributed by atoms with van der Waals surface area (Å²) in [5, 5.41) is 10.4.